The molecule has 0 bridgehead atoms. The lowest BCUT2D eigenvalue weighted by atomic mass is 9.96. The Morgan fingerprint density at radius 3 is 2.10 bits per heavy atom. The average Bonchev–Trinajstić information content (AvgIpc) is 2.86. The molecular formula is C18H16O3. The van der Waals surface area contributed by atoms with Crippen molar-refractivity contribution in [3.8, 4) is 0 Å². The fraction of sp³-hybridized carbons (Fsp3) is 0.167. The van der Waals surface area contributed by atoms with Crippen LogP contribution in [0.4, 0.5) is 0 Å². The van der Waals surface area contributed by atoms with Gasteiger partial charge in [-0.1, -0.05) is 60.7 Å². The Balaban J connectivity index is 2.17. The van der Waals surface area contributed by atoms with Gasteiger partial charge < -0.3 is 9.47 Å². The van der Waals surface area contributed by atoms with E-state index in [4.69, 9.17) is 9.47 Å². The highest BCUT2D eigenvalue weighted by molar-refractivity contribution is 6.27. The van der Waals surface area contributed by atoms with Crippen LogP contribution in [-0.4, -0.2) is 18.9 Å². The summed E-state index contributed by atoms with van der Waals surface area (Å²) in [7, 11) is 0. The molecule has 3 rings (SSSR count). The molecule has 0 fully saturated rings. The summed E-state index contributed by atoms with van der Waals surface area (Å²) in [5.74, 6) is -0.335. The topological polar surface area (TPSA) is 35.5 Å². The molecule has 2 aromatic rings. The lowest BCUT2D eigenvalue weighted by molar-refractivity contribution is -0.155. The first-order valence-corrected chi connectivity index (χ1v) is 6.99. The maximum Gasteiger partial charge on any atom is 0.341 e. The van der Waals surface area contributed by atoms with Crippen LogP contribution in [0.5, 0.6) is 0 Å². The SMILES string of the molecule is CCOC1OC(=O)C(c2ccccc2)=C1c1ccccc1. The summed E-state index contributed by atoms with van der Waals surface area (Å²) in [5.41, 5.74) is 3.18. The van der Waals surface area contributed by atoms with Gasteiger partial charge in [-0.05, 0) is 18.1 Å². The van der Waals surface area contributed by atoms with E-state index < -0.39 is 6.29 Å². The van der Waals surface area contributed by atoms with E-state index >= 15 is 0 Å². The van der Waals surface area contributed by atoms with Crippen molar-refractivity contribution in [1.82, 2.24) is 0 Å². The third-order valence-corrected chi connectivity index (χ3v) is 3.39. The number of benzene rings is 2. The molecule has 3 heteroatoms. The van der Waals surface area contributed by atoms with Gasteiger partial charge in [0.1, 0.15) is 0 Å². The first-order valence-electron chi connectivity index (χ1n) is 6.99. The van der Waals surface area contributed by atoms with Crippen molar-refractivity contribution in [1.29, 1.82) is 0 Å². The molecule has 21 heavy (non-hydrogen) atoms. The van der Waals surface area contributed by atoms with Gasteiger partial charge in [0.05, 0.1) is 5.57 Å². The van der Waals surface area contributed by atoms with Crippen LogP contribution in [0.15, 0.2) is 60.7 Å². The highest BCUT2D eigenvalue weighted by Crippen LogP contribution is 2.37. The van der Waals surface area contributed by atoms with Crippen molar-refractivity contribution < 1.29 is 14.3 Å². The maximum atomic E-state index is 12.3. The minimum atomic E-state index is -0.639. The lowest BCUT2D eigenvalue weighted by Gasteiger charge is -2.14. The minimum Gasteiger partial charge on any atom is -0.428 e. The van der Waals surface area contributed by atoms with Crippen molar-refractivity contribution in [3.63, 3.8) is 0 Å². The Labute approximate surface area is 123 Å². The number of cyclic esters (lactones) is 1. The van der Waals surface area contributed by atoms with E-state index in [0.717, 1.165) is 16.7 Å². The normalized spacial score (nSPS) is 18.0. The van der Waals surface area contributed by atoms with Crippen LogP contribution in [0.25, 0.3) is 11.1 Å². The summed E-state index contributed by atoms with van der Waals surface area (Å²) in [4.78, 5) is 12.3. The Morgan fingerprint density at radius 2 is 1.52 bits per heavy atom. The van der Waals surface area contributed by atoms with Crippen molar-refractivity contribution in [3.05, 3.63) is 71.8 Å². The van der Waals surface area contributed by atoms with Crippen LogP contribution in [0.1, 0.15) is 18.1 Å². The fourth-order valence-electron chi connectivity index (χ4n) is 2.49. The average molecular weight is 280 g/mol. The number of rotatable bonds is 4. The number of hydrogen-bond donors (Lipinski definition) is 0. The summed E-state index contributed by atoms with van der Waals surface area (Å²) in [6.45, 7) is 2.37. The Morgan fingerprint density at radius 1 is 0.952 bits per heavy atom. The number of ether oxygens (including phenoxy) is 2. The first kappa shape index (κ1) is 13.6. The molecule has 3 nitrogen and oxygen atoms in total. The van der Waals surface area contributed by atoms with E-state index in [1.54, 1.807) is 0 Å². The molecule has 1 aliphatic heterocycles. The smallest absolute Gasteiger partial charge is 0.341 e. The highest BCUT2D eigenvalue weighted by atomic mass is 16.7. The summed E-state index contributed by atoms with van der Waals surface area (Å²) < 4.78 is 11.0. The zero-order valence-corrected chi connectivity index (χ0v) is 11.8. The van der Waals surface area contributed by atoms with E-state index in [1.165, 1.54) is 0 Å². The van der Waals surface area contributed by atoms with Crippen LogP contribution in [0, 0.1) is 0 Å². The minimum absolute atomic E-state index is 0.335. The highest BCUT2D eigenvalue weighted by Gasteiger charge is 2.36. The quantitative estimate of drug-likeness (QED) is 0.804. The van der Waals surface area contributed by atoms with Crippen LogP contribution >= 0.6 is 0 Å². The van der Waals surface area contributed by atoms with Gasteiger partial charge in [0.15, 0.2) is 0 Å². The van der Waals surface area contributed by atoms with Gasteiger partial charge in [-0.2, -0.15) is 0 Å². The lowest BCUT2D eigenvalue weighted by Crippen LogP contribution is -2.15. The van der Waals surface area contributed by atoms with Crippen LogP contribution in [-0.2, 0) is 14.3 Å². The molecule has 0 aliphatic carbocycles. The summed E-state index contributed by atoms with van der Waals surface area (Å²) in [5, 5.41) is 0. The molecule has 0 spiro atoms. The number of esters is 1. The van der Waals surface area contributed by atoms with Gasteiger partial charge in [0.25, 0.3) is 0 Å². The number of carbonyl (C=O) groups is 1. The Bertz CT molecular complexity index is 659. The van der Waals surface area contributed by atoms with Crippen molar-refractivity contribution in [2.45, 2.75) is 13.2 Å². The third-order valence-electron chi connectivity index (χ3n) is 3.39. The number of carbonyl (C=O) groups excluding carboxylic acids is 1. The van der Waals surface area contributed by atoms with E-state index in [0.29, 0.717) is 12.2 Å². The first-order chi connectivity index (χ1) is 10.3. The molecule has 0 N–H and O–H groups in total. The second kappa shape index (κ2) is 5.94. The standard InChI is InChI=1S/C18H16O3/c1-2-20-18-16(14-11-7-4-8-12-14)15(17(19)21-18)13-9-5-3-6-10-13/h3-12,18H,2H2,1H3. The summed E-state index contributed by atoms with van der Waals surface area (Å²) >= 11 is 0. The third kappa shape index (κ3) is 2.60. The van der Waals surface area contributed by atoms with Gasteiger partial charge in [0, 0.05) is 12.2 Å². The van der Waals surface area contributed by atoms with Crippen molar-refractivity contribution >= 4 is 17.1 Å². The van der Waals surface area contributed by atoms with Crippen molar-refractivity contribution in [2.24, 2.45) is 0 Å². The predicted octanol–water partition coefficient (Wildman–Crippen LogP) is 3.52. The van der Waals surface area contributed by atoms with E-state index in [1.807, 2.05) is 67.6 Å². The molecule has 1 atom stereocenters. The van der Waals surface area contributed by atoms with Crippen molar-refractivity contribution in [2.75, 3.05) is 6.61 Å². The van der Waals surface area contributed by atoms with Gasteiger partial charge in [0.2, 0.25) is 6.29 Å². The van der Waals surface area contributed by atoms with E-state index in [-0.39, 0.29) is 5.97 Å². The van der Waals surface area contributed by atoms with Crippen LogP contribution < -0.4 is 0 Å². The molecule has 0 amide bonds. The summed E-state index contributed by atoms with van der Waals surface area (Å²) in [6.07, 6.45) is -0.639. The second-order valence-corrected chi connectivity index (χ2v) is 4.71. The van der Waals surface area contributed by atoms with Gasteiger partial charge in [-0.25, -0.2) is 4.79 Å². The zero-order valence-electron chi connectivity index (χ0n) is 11.8. The Hall–Kier alpha value is -2.39. The summed E-state index contributed by atoms with van der Waals surface area (Å²) in [6, 6.07) is 19.3. The molecule has 106 valence electrons. The van der Waals surface area contributed by atoms with Crippen LogP contribution in [0.2, 0.25) is 0 Å². The largest absolute Gasteiger partial charge is 0.428 e. The number of hydrogen-bond acceptors (Lipinski definition) is 3. The van der Waals surface area contributed by atoms with Gasteiger partial charge in [-0.15, -0.1) is 0 Å². The molecule has 2 aromatic carbocycles. The molecule has 1 aliphatic rings. The molecule has 1 unspecified atom stereocenters. The van der Waals surface area contributed by atoms with Crippen LogP contribution in [0.3, 0.4) is 0 Å². The van der Waals surface area contributed by atoms with Gasteiger partial charge >= 0.3 is 5.97 Å². The fourth-order valence-corrected chi connectivity index (χ4v) is 2.49. The van der Waals surface area contributed by atoms with E-state index in [9.17, 15) is 4.79 Å². The Kier molecular flexibility index (Phi) is 3.84. The molecule has 0 saturated carbocycles. The van der Waals surface area contributed by atoms with E-state index in [2.05, 4.69) is 0 Å². The monoisotopic (exact) mass is 280 g/mol. The maximum absolute atomic E-state index is 12.3. The molecule has 0 aromatic heterocycles. The zero-order chi connectivity index (χ0) is 14.7. The molecule has 0 radical (unpaired) electrons. The predicted molar refractivity (Wildman–Crippen MR) is 81.2 cm³/mol. The molecule has 0 saturated heterocycles. The van der Waals surface area contributed by atoms with Gasteiger partial charge in [-0.3, -0.25) is 0 Å². The second-order valence-electron chi connectivity index (χ2n) is 4.71. The molecular weight excluding hydrogens is 264 g/mol. The molecule has 1 heterocycles.